The van der Waals surface area contributed by atoms with Crippen molar-refractivity contribution in [3.8, 4) is 0 Å². The van der Waals surface area contributed by atoms with Gasteiger partial charge >= 0.3 is 0 Å². The highest BCUT2D eigenvalue weighted by atomic mass is 32.1. The van der Waals surface area contributed by atoms with Gasteiger partial charge in [0.1, 0.15) is 11.6 Å². The molecule has 0 saturated heterocycles. The Kier molecular flexibility index (Phi) is 2.58. The number of nitrogens with zero attached hydrogens (tertiary/aromatic N) is 3. The molecule has 0 bridgehead atoms. The molecule has 0 radical (unpaired) electrons. The SMILES string of the molecule is CC(C)(c1ccc(F)s1)c1nnc(C2CC2)n1C1CC1. The zero-order valence-corrected chi connectivity index (χ0v) is 12.6. The number of thiophene rings is 1. The van der Waals surface area contributed by atoms with Gasteiger partial charge in [-0.05, 0) is 51.7 Å². The van der Waals surface area contributed by atoms with Gasteiger partial charge in [-0.3, -0.25) is 0 Å². The van der Waals surface area contributed by atoms with E-state index in [1.54, 1.807) is 6.07 Å². The van der Waals surface area contributed by atoms with Gasteiger partial charge in [0.15, 0.2) is 5.13 Å². The fourth-order valence-electron chi connectivity index (χ4n) is 2.80. The van der Waals surface area contributed by atoms with Crippen LogP contribution in [-0.4, -0.2) is 14.8 Å². The Bertz CT molecular complexity index is 650. The first kappa shape index (κ1) is 12.5. The van der Waals surface area contributed by atoms with Gasteiger partial charge in [0.05, 0.1) is 5.41 Å². The first-order chi connectivity index (χ1) is 9.57. The van der Waals surface area contributed by atoms with E-state index < -0.39 is 0 Å². The molecule has 0 aromatic carbocycles. The average Bonchev–Trinajstić information content (AvgIpc) is 3.34. The molecule has 2 aromatic rings. The second-order valence-corrected chi connectivity index (χ2v) is 7.52. The van der Waals surface area contributed by atoms with Crippen LogP contribution in [0.4, 0.5) is 4.39 Å². The Morgan fingerprint density at radius 3 is 2.50 bits per heavy atom. The Balaban J connectivity index is 1.81. The molecule has 2 aliphatic carbocycles. The van der Waals surface area contributed by atoms with Gasteiger partial charge in [0, 0.05) is 16.8 Å². The van der Waals surface area contributed by atoms with Crippen LogP contribution in [0.2, 0.25) is 0 Å². The zero-order valence-electron chi connectivity index (χ0n) is 11.8. The van der Waals surface area contributed by atoms with Gasteiger partial charge in [-0.15, -0.1) is 21.5 Å². The van der Waals surface area contributed by atoms with Crippen LogP contribution in [0.25, 0.3) is 0 Å². The Morgan fingerprint density at radius 1 is 1.20 bits per heavy atom. The van der Waals surface area contributed by atoms with Crippen molar-refractivity contribution in [1.29, 1.82) is 0 Å². The molecule has 5 heteroatoms. The minimum absolute atomic E-state index is 0.132. The molecule has 2 fully saturated rings. The number of halogens is 1. The molecule has 2 heterocycles. The van der Waals surface area contributed by atoms with Crippen LogP contribution in [0.1, 0.15) is 68.0 Å². The summed E-state index contributed by atoms with van der Waals surface area (Å²) < 4.78 is 15.7. The number of rotatable bonds is 4. The number of aromatic nitrogens is 3. The van der Waals surface area contributed by atoms with Gasteiger partial charge in [-0.1, -0.05) is 0 Å². The Morgan fingerprint density at radius 2 is 1.95 bits per heavy atom. The van der Waals surface area contributed by atoms with Crippen LogP contribution >= 0.6 is 11.3 Å². The highest BCUT2D eigenvalue weighted by molar-refractivity contribution is 7.10. The van der Waals surface area contributed by atoms with Crippen molar-refractivity contribution in [2.45, 2.75) is 56.9 Å². The second kappa shape index (κ2) is 4.13. The summed E-state index contributed by atoms with van der Waals surface area (Å²) in [5, 5.41) is 8.82. The van der Waals surface area contributed by atoms with E-state index in [1.807, 2.05) is 6.07 Å². The van der Waals surface area contributed by atoms with E-state index in [0.717, 1.165) is 16.5 Å². The lowest BCUT2D eigenvalue weighted by Gasteiger charge is -2.23. The van der Waals surface area contributed by atoms with Crippen LogP contribution in [0.15, 0.2) is 12.1 Å². The van der Waals surface area contributed by atoms with Gasteiger partial charge in [-0.25, -0.2) is 0 Å². The first-order valence-electron chi connectivity index (χ1n) is 7.28. The highest BCUT2D eigenvalue weighted by Crippen LogP contribution is 2.47. The van der Waals surface area contributed by atoms with E-state index in [0.29, 0.717) is 12.0 Å². The molecule has 0 amide bonds. The topological polar surface area (TPSA) is 30.7 Å². The molecular weight excluding hydrogens is 273 g/mol. The van der Waals surface area contributed by atoms with Crippen molar-refractivity contribution in [1.82, 2.24) is 14.8 Å². The largest absolute Gasteiger partial charge is 0.311 e. The third-order valence-electron chi connectivity index (χ3n) is 4.32. The van der Waals surface area contributed by atoms with Crippen LogP contribution in [0.3, 0.4) is 0 Å². The molecular formula is C15H18FN3S. The molecule has 3 nitrogen and oxygen atoms in total. The van der Waals surface area contributed by atoms with Crippen molar-refractivity contribution < 1.29 is 4.39 Å². The van der Waals surface area contributed by atoms with Crippen LogP contribution in [-0.2, 0) is 5.41 Å². The Labute approximate surface area is 121 Å². The minimum atomic E-state index is -0.280. The maximum atomic E-state index is 13.4. The van der Waals surface area contributed by atoms with Gasteiger partial charge in [0.25, 0.3) is 0 Å². The molecule has 4 rings (SSSR count). The summed E-state index contributed by atoms with van der Waals surface area (Å²) in [5.74, 6) is 2.77. The number of hydrogen-bond donors (Lipinski definition) is 0. The third-order valence-corrected chi connectivity index (χ3v) is 5.52. The van der Waals surface area contributed by atoms with Crippen molar-refractivity contribution in [2.75, 3.05) is 0 Å². The summed E-state index contributed by atoms with van der Waals surface area (Å²) >= 11 is 1.22. The molecule has 2 aromatic heterocycles. The first-order valence-corrected chi connectivity index (χ1v) is 8.10. The lowest BCUT2D eigenvalue weighted by Crippen LogP contribution is -2.23. The molecule has 0 N–H and O–H groups in total. The summed E-state index contributed by atoms with van der Waals surface area (Å²) in [6, 6.07) is 3.99. The van der Waals surface area contributed by atoms with E-state index in [4.69, 9.17) is 0 Å². The molecule has 0 aliphatic heterocycles. The fraction of sp³-hybridized carbons (Fsp3) is 0.600. The van der Waals surface area contributed by atoms with Crippen molar-refractivity contribution in [3.63, 3.8) is 0 Å². The number of hydrogen-bond acceptors (Lipinski definition) is 3. The van der Waals surface area contributed by atoms with Crippen molar-refractivity contribution >= 4 is 11.3 Å². The Hall–Kier alpha value is -1.23. The zero-order chi connectivity index (χ0) is 13.9. The van der Waals surface area contributed by atoms with E-state index in [1.165, 1.54) is 37.0 Å². The monoisotopic (exact) mass is 291 g/mol. The maximum Gasteiger partial charge on any atom is 0.176 e. The fourth-order valence-corrected chi connectivity index (χ4v) is 3.63. The average molecular weight is 291 g/mol. The van der Waals surface area contributed by atoms with Crippen LogP contribution < -0.4 is 0 Å². The normalized spacial score (nSPS) is 19.6. The minimum Gasteiger partial charge on any atom is -0.311 e. The van der Waals surface area contributed by atoms with Crippen molar-refractivity contribution in [3.05, 3.63) is 33.8 Å². The molecule has 106 valence electrons. The predicted molar refractivity (Wildman–Crippen MR) is 76.7 cm³/mol. The van der Waals surface area contributed by atoms with E-state index in [9.17, 15) is 4.39 Å². The molecule has 0 unspecified atom stereocenters. The van der Waals surface area contributed by atoms with E-state index in [2.05, 4.69) is 28.6 Å². The molecule has 0 spiro atoms. The maximum absolute atomic E-state index is 13.4. The smallest absolute Gasteiger partial charge is 0.176 e. The van der Waals surface area contributed by atoms with Gasteiger partial charge in [-0.2, -0.15) is 4.39 Å². The lowest BCUT2D eigenvalue weighted by molar-refractivity contribution is 0.533. The summed E-state index contributed by atoms with van der Waals surface area (Å²) in [4.78, 5) is 1.02. The predicted octanol–water partition coefficient (Wildman–Crippen LogP) is 4.02. The molecule has 0 atom stereocenters. The lowest BCUT2D eigenvalue weighted by atomic mass is 9.90. The van der Waals surface area contributed by atoms with Gasteiger partial charge < -0.3 is 4.57 Å². The van der Waals surface area contributed by atoms with E-state index in [-0.39, 0.29) is 10.5 Å². The van der Waals surface area contributed by atoms with Crippen LogP contribution in [0.5, 0.6) is 0 Å². The summed E-state index contributed by atoms with van der Waals surface area (Å²) in [7, 11) is 0. The summed E-state index contributed by atoms with van der Waals surface area (Å²) in [6.45, 7) is 4.25. The highest BCUT2D eigenvalue weighted by Gasteiger charge is 2.40. The summed E-state index contributed by atoms with van der Waals surface area (Å²) in [5.41, 5.74) is -0.280. The standard InChI is InChI=1S/C15H18FN3S/c1-15(2,11-7-8-12(16)20-11)14-18-17-13(9-3-4-9)19(14)10-5-6-10/h7-10H,3-6H2,1-2H3. The van der Waals surface area contributed by atoms with E-state index >= 15 is 0 Å². The summed E-state index contributed by atoms with van der Waals surface area (Å²) in [6.07, 6.45) is 4.91. The quantitative estimate of drug-likeness (QED) is 0.852. The third kappa shape index (κ3) is 1.91. The second-order valence-electron chi connectivity index (χ2n) is 6.49. The molecule has 2 saturated carbocycles. The van der Waals surface area contributed by atoms with Crippen molar-refractivity contribution in [2.24, 2.45) is 0 Å². The van der Waals surface area contributed by atoms with Gasteiger partial charge in [0.2, 0.25) is 0 Å². The molecule has 2 aliphatic rings. The van der Waals surface area contributed by atoms with Crippen LogP contribution in [0, 0.1) is 5.13 Å². The molecule has 20 heavy (non-hydrogen) atoms.